The van der Waals surface area contributed by atoms with Crippen molar-refractivity contribution in [2.75, 3.05) is 0 Å². The highest BCUT2D eigenvalue weighted by atomic mass is 19.4. The lowest BCUT2D eigenvalue weighted by Crippen LogP contribution is -2.38. The normalized spacial score (nSPS) is 29.4. The summed E-state index contributed by atoms with van der Waals surface area (Å²) in [6.45, 7) is 0. The summed E-state index contributed by atoms with van der Waals surface area (Å²) < 4.78 is 51.6. The summed E-state index contributed by atoms with van der Waals surface area (Å²) in [6, 6.07) is 5.29. The largest absolute Gasteiger partial charge is 0.391 e. The van der Waals surface area contributed by atoms with E-state index in [1.54, 1.807) is 6.07 Å². The average molecular weight is 301 g/mol. The van der Waals surface area contributed by atoms with Crippen molar-refractivity contribution in [1.82, 2.24) is 5.32 Å². The third-order valence-electron chi connectivity index (χ3n) is 4.84. The Bertz CT molecular complexity index is 503. The van der Waals surface area contributed by atoms with E-state index in [4.69, 9.17) is 0 Å². The lowest BCUT2D eigenvalue weighted by atomic mass is 9.85. The molecular formula is C16H19F4N. The molecule has 1 unspecified atom stereocenters. The first-order chi connectivity index (χ1) is 9.95. The molecule has 116 valence electrons. The summed E-state index contributed by atoms with van der Waals surface area (Å²) in [5, 5.41) is 3.44. The van der Waals surface area contributed by atoms with E-state index in [2.05, 4.69) is 5.32 Å². The van der Waals surface area contributed by atoms with Crippen LogP contribution in [-0.2, 0) is 6.42 Å². The van der Waals surface area contributed by atoms with Gasteiger partial charge in [0.2, 0.25) is 0 Å². The van der Waals surface area contributed by atoms with Gasteiger partial charge in [-0.2, -0.15) is 13.2 Å². The molecule has 1 fully saturated rings. The van der Waals surface area contributed by atoms with Crippen molar-refractivity contribution in [2.24, 2.45) is 5.92 Å². The molecule has 2 aliphatic rings. The van der Waals surface area contributed by atoms with Gasteiger partial charge < -0.3 is 5.32 Å². The molecule has 1 aromatic carbocycles. The van der Waals surface area contributed by atoms with Crippen molar-refractivity contribution < 1.29 is 17.6 Å². The summed E-state index contributed by atoms with van der Waals surface area (Å²) in [5.41, 5.74) is 1.74. The third kappa shape index (κ3) is 3.07. The zero-order valence-corrected chi connectivity index (χ0v) is 11.7. The van der Waals surface area contributed by atoms with Gasteiger partial charge in [-0.05, 0) is 55.7 Å². The van der Waals surface area contributed by atoms with Gasteiger partial charge in [0.15, 0.2) is 0 Å². The maximum atomic E-state index is 13.7. The number of alkyl halides is 3. The zero-order valence-electron chi connectivity index (χ0n) is 11.7. The molecule has 0 aromatic heterocycles. The minimum Gasteiger partial charge on any atom is -0.307 e. The van der Waals surface area contributed by atoms with E-state index in [0.29, 0.717) is 19.3 Å². The van der Waals surface area contributed by atoms with Crippen molar-refractivity contribution in [1.29, 1.82) is 0 Å². The van der Waals surface area contributed by atoms with Gasteiger partial charge in [-0.15, -0.1) is 0 Å². The number of benzene rings is 1. The van der Waals surface area contributed by atoms with Crippen LogP contribution < -0.4 is 5.32 Å². The summed E-state index contributed by atoms with van der Waals surface area (Å²) in [5.74, 6) is -1.32. The fourth-order valence-electron chi connectivity index (χ4n) is 3.65. The Labute approximate surface area is 121 Å². The molecule has 0 saturated heterocycles. The summed E-state index contributed by atoms with van der Waals surface area (Å²) in [4.78, 5) is 0. The van der Waals surface area contributed by atoms with Crippen LogP contribution in [0.4, 0.5) is 17.6 Å². The average Bonchev–Trinajstić information content (AvgIpc) is 2.83. The van der Waals surface area contributed by atoms with Crippen molar-refractivity contribution in [2.45, 2.75) is 56.8 Å². The second-order valence-electron chi connectivity index (χ2n) is 6.16. The van der Waals surface area contributed by atoms with Gasteiger partial charge in [-0.3, -0.25) is 0 Å². The first kappa shape index (κ1) is 14.8. The van der Waals surface area contributed by atoms with Gasteiger partial charge in [0.1, 0.15) is 5.82 Å². The highest BCUT2D eigenvalue weighted by molar-refractivity contribution is 5.35. The van der Waals surface area contributed by atoms with Crippen LogP contribution in [0.2, 0.25) is 0 Å². The predicted molar refractivity (Wildman–Crippen MR) is 72.4 cm³/mol. The fourth-order valence-corrected chi connectivity index (χ4v) is 3.65. The standard InChI is InChI=1S/C16H19F4N/c17-14-3-1-2-13-12(14)8-9-15(13)21-11-6-4-10(5-7-11)16(18,19)20/h1-3,10-11,15,21H,4-9H2. The van der Waals surface area contributed by atoms with E-state index in [9.17, 15) is 17.6 Å². The number of hydrogen-bond acceptors (Lipinski definition) is 1. The zero-order chi connectivity index (χ0) is 15.0. The van der Waals surface area contributed by atoms with E-state index >= 15 is 0 Å². The SMILES string of the molecule is Fc1cccc2c1CCC2NC1CCC(C(F)(F)F)CC1. The smallest absolute Gasteiger partial charge is 0.307 e. The molecule has 0 spiro atoms. The van der Waals surface area contributed by atoms with E-state index in [0.717, 1.165) is 17.5 Å². The van der Waals surface area contributed by atoms with Gasteiger partial charge in [0.05, 0.1) is 5.92 Å². The number of halogens is 4. The van der Waals surface area contributed by atoms with Gasteiger partial charge in [-0.1, -0.05) is 12.1 Å². The van der Waals surface area contributed by atoms with Crippen LogP contribution in [-0.4, -0.2) is 12.2 Å². The molecule has 0 heterocycles. The van der Waals surface area contributed by atoms with Gasteiger partial charge in [0, 0.05) is 12.1 Å². The van der Waals surface area contributed by atoms with Crippen LogP contribution in [0, 0.1) is 11.7 Å². The first-order valence-electron chi connectivity index (χ1n) is 7.55. The predicted octanol–water partition coefficient (Wildman–Crippen LogP) is 4.52. The Hall–Kier alpha value is -1.10. The van der Waals surface area contributed by atoms with Gasteiger partial charge in [0.25, 0.3) is 0 Å². The monoisotopic (exact) mass is 301 g/mol. The molecule has 2 aliphatic carbocycles. The van der Waals surface area contributed by atoms with Crippen LogP contribution in [0.25, 0.3) is 0 Å². The minimum absolute atomic E-state index is 0.0862. The second-order valence-corrected chi connectivity index (χ2v) is 6.16. The maximum absolute atomic E-state index is 13.7. The fraction of sp³-hybridized carbons (Fsp3) is 0.625. The van der Waals surface area contributed by atoms with Crippen LogP contribution in [0.15, 0.2) is 18.2 Å². The molecule has 3 rings (SSSR count). The first-order valence-corrected chi connectivity index (χ1v) is 7.55. The third-order valence-corrected chi connectivity index (χ3v) is 4.84. The van der Waals surface area contributed by atoms with Crippen LogP contribution in [0.3, 0.4) is 0 Å². The molecule has 1 atom stereocenters. The van der Waals surface area contributed by atoms with E-state index < -0.39 is 12.1 Å². The highest BCUT2D eigenvalue weighted by Gasteiger charge is 2.41. The molecular weight excluding hydrogens is 282 g/mol. The summed E-state index contributed by atoms with van der Waals surface area (Å²) in [6.07, 6.45) is -1.04. The van der Waals surface area contributed by atoms with Crippen molar-refractivity contribution in [3.63, 3.8) is 0 Å². The summed E-state index contributed by atoms with van der Waals surface area (Å²) in [7, 11) is 0. The Morgan fingerprint density at radius 1 is 1.00 bits per heavy atom. The van der Waals surface area contributed by atoms with Crippen molar-refractivity contribution in [3.8, 4) is 0 Å². The molecule has 0 radical (unpaired) electrons. The lowest BCUT2D eigenvalue weighted by molar-refractivity contribution is -0.182. The Balaban J connectivity index is 1.60. The Morgan fingerprint density at radius 3 is 2.38 bits per heavy atom. The van der Waals surface area contributed by atoms with Crippen LogP contribution in [0.5, 0.6) is 0 Å². The molecule has 0 aliphatic heterocycles. The minimum atomic E-state index is -4.06. The Morgan fingerprint density at radius 2 is 1.71 bits per heavy atom. The summed E-state index contributed by atoms with van der Waals surface area (Å²) >= 11 is 0. The number of nitrogens with one attached hydrogen (secondary N) is 1. The number of hydrogen-bond donors (Lipinski definition) is 1. The van der Waals surface area contributed by atoms with E-state index in [-0.39, 0.29) is 30.7 Å². The number of fused-ring (bicyclic) bond motifs is 1. The highest BCUT2D eigenvalue weighted by Crippen LogP contribution is 2.39. The van der Waals surface area contributed by atoms with Crippen molar-refractivity contribution in [3.05, 3.63) is 35.1 Å². The van der Waals surface area contributed by atoms with Crippen LogP contribution in [0.1, 0.15) is 49.3 Å². The maximum Gasteiger partial charge on any atom is 0.391 e. The lowest BCUT2D eigenvalue weighted by Gasteiger charge is -2.32. The van der Waals surface area contributed by atoms with E-state index in [1.807, 2.05) is 6.07 Å². The quantitative estimate of drug-likeness (QED) is 0.792. The molecule has 1 nitrogen and oxygen atoms in total. The van der Waals surface area contributed by atoms with Gasteiger partial charge >= 0.3 is 6.18 Å². The molecule has 1 aromatic rings. The molecule has 0 amide bonds. The topological polar surface area (TPSA) is 12.0 Å². The molecule has 1 N–H and O–H groups in total. The van der Waals surface area contributed by atoms with E-state index in [1.165, 1.54) is 6.07 Å². The molecule has 0 bridgehead atoms. The second kappa shape index (κ2) is 5.59. The Kier molecular flexibility index (Phi) is 3.95. The molecule has 21 heavy (non-hydrogen) atoms. The van der Waals surface area contributed by atoms with Crippen molar-refractivity contribution >= 4 is 0 Å². The van der Waals surface area contributed by atoms with Crippen LogP contribution >= 0.6 is 0 Å². The molecule has 5 heteroatoms. The number of rotatable bonds is 2. The van der Waals surface area contributed by atoms with Gasteiger partial charge in [-0.25, -0.2) is 4.39 Å². The molecule has 1 saturated carbocycles.